The van der Waals surface area contributed by atoms with E-state index in [9.17, 15) is 9.59 Å². The molecule has 2 heterocycles. The number of aromatic nitrogens is 2. The van der Waals surface area contributed by atoms with Crippen LogP contribution in [0.25, 0.3) is 5.65 Å². The quantitative estimate of drug-likeness (QED) is 0.592. The molecule has 0 saturated heterocycles. The van der Waals surface area contributed by atoms with Gasteiger partial charge in [0.2, 0.25) is 0 Å². The number of ether oxygens (including phenoxy) is 1. The molecule has 1 amide bonds. The summed E-state index contributed by atoms with van der Waals surface area (Å²) in [7, 11) is 0. The molecule has 5 saturated carbocycles. The summed E-state index contributed by atoms with van der Waals surface area (Å²) in [4.78, 5) is 30.7. The van der Waals surface area contributed by atoms with Crippen LogP contribution >= 0.6 is 0 Å². The molecule has 0 aromatic carbocycles. The van der Waals surface area contributed by atoms with Crippen LogP contribution in [-0.2, 0) is 9.53 Å². The second-order valence-corrected chi connectivity index (χ2v) is 11.4. The molecule has 2 aromatic rings. The number of carbonyl (C=O) groups is 2. The number of imidazole rings is 1. The highest BCUT2D eigenvalue weighted by Gasteiger charge is 2.50. The van der Waals surface area contributed by atoms with Crippen LogP contribution in [0, 0.1) is 29.1 Å². The van der Waals surface area contributed by atoms with E-state index in [0.717, 1.165) is 30.7 Å². The lowest BCUT2D eigenvalue weighted by molar-refractivity contribution is -0.145. The third-order valence-corrected chi connectivity index (χ3v) is 8.73. The van der Waals surface area contributed by atoms with Gasteiger partial charge in [0.15, 0.2) is 0 Å². The predicted octanol–water partition coefficient (Wildman–Crippen LogP) is 4.73. The highest BCUT2D eigenvalue weighted by molar-refractivity contribution is 5.93. The Bertz CT molecular complexity index is 1030. The molecule has 1 unspecified atom stereocenters. The van der Waals surface area contributed by atoms with Gasteiger partial charge in [0.1, 0.15) is 17.3 Å². The molecule has 0 aliphatic heterocycles. The van der Waals surface area contributed by atoms with Gasteiger partial charge >= 0.3 is 5.97 Å². The first-order chi connectivity index (χ1) is 16.0. The van der Waals surface area contributed by atoms with Gasteiger partial charge in [-0.3, -0.25) is 14.0 Å². The Morgan fingerprint density at radius 2 is 1.85 bits per heavy atom. The Balaban J connectivity index is 1.22. The van der Waals surface area contributed by atoms with E-state index in [2.05, 4.69) is 5.32 Å². The topological polar surface area (TPSA) is 72.7 Å². The van der Waals surface area contributed by atoms with Crippen molar-refractivity contribution in [1.29, 1.82) is 0 Å². The molecular formula is C27H35N3O3. The number of pyridine rings is 1. The van der Waals surface area contributed by atoms with Crippen LogP contribution in [0.1, 0.15) is 86.8 Å². The monoisotopic (exact) mass is 449 g/mol. The number of hydrogen-bond acceptors (Lipinski definition) is 4. The molecule has 4 bridgehead atoms. The lowest BCUT2D eigenvalue weighted by atomic mass is 9.49. The van der Waals surface area contributed by atoms with Gasteiger partial charge in [0, 0.05) is 12.7 Å². The first-order valence-corrected chi connectivity index (χ1v) is 12.9. The van der Waals surface area contributed by atoms with Gasteiger partial charge in [-0.25, -0.2) is 4.98 Å². The van der Waals surface area contributed by atoms with Gasteiger partial charge in [0.05, 0.1) is 12.3 Å². The molecule has 6 nitrogen and oxygen atoms in total. The maximum Gasteiger partial charge on any atom is 0.315 e. The molecule has 5 aliphatic rings. The number of esters is 1. The molecule has 1 atom stereocenters. The summed E-state index contributed by atoms with van der Waals surface area (Å²) < 4.78 is 7.20. The van der Waals surface area contributed by atoms with E-state index < -0.39 is 0 Å². The summed E-state index contributed by atoms with van der Waals surface area (Å²) in [6.07, 6.45) is 13.0. The molecule has 176 valence electrons. The van der Waals surface area contributed by atoms with Crippen molar-refractivity contribution in [2.75, 3.05) is 13.2 Å². The van der Waals surface area contributed by atoms with Crippen molar-refractivity contribution in [3.8, 4) is 0 Å². The fraction of sp³-hybridized carbons (Fsp3) is 0.667. The molecule has 6 heteroatoms. The molecule has 5 fully saturated rings. The zero-order valence-corrected chi connectivity index (χ0v) is 19.6. The highest BCUT2D eigenvalue weighted by atomic mass is 16.5. The van der Waals surface area contributed by atoms with Crippen LogP contribution in [0.4, 0.5) is 0 Å². The summed E-state index contributed by atoms with van der Waals surface area (Å²) in [5.41, 5.74) is 2.31. The minimum atomic E-state index is -0.361. The van der Waals surface area contributed by atoms with Crippen LogP contribution in [0.5, 0.6) is 0 Å². The molecule has 2 aromatic heterocycles. The SMILES string of the molecule is CCOC(=O)C(CC1CC1)c1cn2c(C(=O)NCC34CC5CC(CC(C5)C3)C4)cccc2n1. The summed E-state index contributed by atoms with van der Waals surface area (Å²) in [5, 5.41) is 3.29. The number of carbonyl (C=O) groups excluding carboxylic acids is 2. The molecule has 0 spiro atoms. The fourth-order valence-electron chi connectivity index (χ4n) is 7.51. The van der Waals surface area contributed by atoms with Gasteiger partial charge in [-0.2, -0.15) is 0 Å². The maximum atomic E-state index is 13.3. The van der Waals surface area contributed by atoms with Crippen molar-refractivity contribution in [2.45, 2.75) is 70.6 Å². The van der Waals surface area contributed by atoms with Crippen LogP contribution in [0.3, 0.4) is 0 Å². The van der Waals surface area contributed by atoms with E-state index in [0.29, 0.717) is 35.0 Å². The van der Waals surface area contributed by atoms with E-state index >= 15 is 0 Å². The Morgan fingerprint density at radius 1 is 1.15 bits per heavy atom. The minimum Gasteiger partial charge on any atom is -0.465 e. The lowest BCUT2D eigenvalue weighted by Crippen LogP contribution is -2.51. The number of rotatable bonds is 8. The number of hydrogen-bond donors (Lipinski definition) is 1. The first kappa shape index (κ1) is 21.2. The zero-order chi connectivity index (χ0) is 22.6. The fourth-order valence-corrected chi connectivity index (χ4v) is 7.51. The minimum absolute atomic E-state index is 0.0461. The van der Waals surface area contributed by atoms with Crippen LogP contribution in [-0.4, -0.2) is 34.4 Å². The van der Waals surface area contributed by atoms with Crippen LogP contribution < -0.4 is 5.32 Å². The van der Waals surface area contributed by atoms with Gasteiger partial charge in [0.25, 0.3) is 5.91 Å². The zero-order valence-electron chi connectivity index (χ0n) is 19.6. The average Bonchev–Trinajstić information content (AvgIpc) is 3.50. The number of nitrogens with zero attached hydrogens (tertiary/aromatic N) is 2. The molecular weight excluding hydrogens is 414 g/mol. The third-order valence-electron chi connectivity index (χ3n) is 8.73. The summed E-state index contributed by atoms with van der Waals surface area (Å²) >= 11 is 0. The van der Waals surface area contributed by atoms with Crippen molar-refractivity contribution >= 4 is 17.5 Å². The second kappa shape index (κ2) is 8.14. The van der Waals surface area contributed by atoms with Crippen molar-refractivity contribution in [1.82, 2.24) is 14.7 Å². The molecule has 7 rings (SSSR count). The van der Waals surface area contributed by atoms with E-state index in [1.807, 2.05) is 35.7 Å². The highest BCUT2D eigenvalue weighted by Crippen LogP contribution is 2.59. The van der Waals surface area contributed by atoms with Gasteiger partial charge in [-0.05, 0) is 93.1 Å². The van der Waals surface area contributed by atoms with E-state index in [4.69, 9.17) is 9.72 Å². The second-order valence-electron chi connectivity index (χ2n) is 11.4. The van der Waals surface area contributed by atoms with Gasteiger partial charge < -0.3 is 10.1 Å². The first-order valence-electron chi connectivity index (χ1n) is 12.9. The van der Waals surface area contributed by atoms with Crippen molar-refractivity contribution in [3.63, 3.8) is 0 Å². The number of nitrogens with one attached hydrogen (secondary N) is 1. The summed E-state index contributed by atoms with van der Waals surface area (Å²) in [6, 6.07) is 5.64. The van der Waals surface area contributed by atoms with Crippen LogP contribution in [0.2, 0.25) is 0 Å². The Labute approximate surface area is 195 Å². The standard InChI is InChI=1S/C27H35N3O3/c1-2-33-26(32)21(11-17-6-7-17)22-15-30-23(4-3-5-24(30)29-22)25(31)28-16-27-12-18-8-19(13-27)10-20(9-18)14-27/h3-5,15,17-21H,2,6-14,16H2,1H3,(H,28,31). The average molecular weight is 450 g/mol. The maximum absolute atomic E-state index is 13.3. The predicted molar refractivity (Wildman–Crippen MR) is 125 cm³/mol. The van der Waals surface area contributed by atoms with E-state index in [1.165, 1.54) is 51.4 Å². The largest absolute Gasteiger partial charge is 0.465 e. The van der Waals surface area contributed by atoms with Gasteiger partial charge in [-0.1, -0.05) is 18.9 Å². The Hall–Kier alpha value is -2.37. The van der Waals surface area contributed by atoms with E-state index in [-0.39, 0.29) is 17.8 Å². The Kier molecular flexibility index (Phi) is 5.22. The molecule has 5 aliphatic carbocycles. The van der Waals surface area contributed by atoms with E-state index in [1.54, 1.807) is 0 Å². The lowest BCUT2D eigenvalue weighted by Gasteiger charge is -2.56. The Morgan fingerprint density at radius 3 is 2.48 bits per heavy atom. The smallest absolute Gasteiger partial charge is 0.315 e. The van der Waals surface area contributed by atoms with Crippen LogP contribution in [0.15, 0.2) is 24.4 Å². The molecule has 1 N–H and O–H groups in total. The third kappa shape index (κ3) is 4.06. The number of amides is 1. The van der Waals surface area contributed by atoms with Crippen molar-refractivity contribution < 1.29 is 14.3 Å². The normalized spacial score (nSPS) is 31.0. The van der Waals surface area contributed by atoms with Crippen molar-refractivity contribution in [3.05, 3.63) is 35.8 Å². The summed E-state index contributed by atoms with van der Waals surface area (Å²) in [6.45, 7) is 2.98. The number of fused-ring (bicyclic) bond motifs is 1. The molecule has 33 heavy (non-hydrogen) atoms. The molecule has 0 radical (unpaired) electrons. The summed E-state index contributed by atoms with van der Waals surface area (Å²) in [5.74, 6) is 2.58. The van der Waals surface area contributed by atoms with Gasteiger partial charge in [-0.15, -0.1) is 0 Å². The van der Waals surface area contributed by atoms with Crippen molar-refractivity contribution in [2.24, 2.45) is 29.1 Å².